The summed E-state index contributed by atoms with van der Waals surface area (Å²) in [6, 6.07) is 0.223. The van der Waals surface area contributed by atoms with Crippen LogP contribution in [0.2, 0.25) is 0 Å². The third kappa shape index (κ3) is 3.33. The molecule has 0 spiro atoms. The first-order valence-corrected chi connectivity index (χ1v) is 4.36. The molecule has 14 heavy (non-hydrogen) atoms. The minimum atomic E-state index is 0. The predicted octanol–water partition coefficient (Wildman–Crippen LogP) is 2.03. The molecule has 1 aromatic heterocycles. The Morgan fingerprint density at radius 1 is 1.57 bits per heavy atom. The Morgan fingerprint density at radius 3 is 2.71 bits per heavy atom. The van der Waals surface area contributed by atoms with E-state index in [1.54, 1.807) is 0 Å². The number of thiol groups is 1. The van der Waals surface area contributed by atoms with Gasteiger partial charge in [0.2, 0.25) is 0 Å². The van der Waals surface area contributed by atoms with E-state index >= 15 is 0 Å². The van der Waals surface area contributed by atoms with Crippen molar-refractivity contribution in [1.82, 2.24) is 9.97 Å². The fraction of sp³-hybridized carbons (Fsp3) is 0.444. The third-order valence-corrected chi connectivity index (χ3v) is 1.57. The van der Waals surface area contributed by atoms with E-state index in [-0.39, 0.29) is 13.5 Å². The molecule has 0 aliphatic rings. The highest BCUT2D eigenvalue weighted by molar-refractivity contribution is 7.80. The van der Waals surface area contributed by atoms with Crippen LogP contribution in [-0.2, 0) is 0 Å². The van der Waals surface area contributed by atoms with E-state index in [1.165, 1.54) is 6.20 Å². The van der Waals surface area contributed by atoms with Gasteiger partial charge in [0, 0.05) is 12.2 Å². The third-order valence-electron chi connectivity index (χ3n) is 1.36. The van der Waals surface area contributed by atoms with Gasteiger partial charge in [0.15, 0.2) is 11.4 Å². The summed E-state index contributed by atoms with van der Waals surface area (Å²) in [6.45, 7) is 3.93. The van der Waals surface area contributed by atoms with Crippen LogP contribution in [0, 0.1) is 0 Å². The van der Waals surface area contributed by atoms with Crippen LogP contribution < -0.4 is 5.32 Å². The SMILES string of the molecule is C.CC(C)Nc1nc(S)ncc1C=O. The molecule has 78 valence electrons. The highest BCUT2D eigenvalue weighted by Gasteiger charge is 2.05. The fourth-order valence-corrected chi connectivity index (χ4v) is 1.01. The second-order valence-corrected chi connectivity index (χ2v) is 3.29. The molecule has 0 fully saturated rings. The van der Waals surface area contributed by atoms with E-state index in [4.69, 9.17) is 0 Å². The molecule has 4 nitrogen and oxygen atoms in total. The van der Waals surface area contributed by atoms with Crippen molar-refractivity contribution < 1.29 is 4.79 Å². The van der Waals surface area contributed by atoms with Crippen LogP contribution in [0.4, 0.5) is 5.82 Å². The maximum absolute atomic E-state index is 10.6. The van der Waals surface area contributed by atoms with Gasteiger partial charge in [-0.3, -0.25) is 4.79 Å². The van der Waals surface area contributed by atoms with Gasteiger partial charge in [-0.15, -0.1) is 12.6 Å². The van der Waals surface area contributed by atoms with Crippen LogP contribution in [0.3, 0.4) is 0 Å². The second kappa shape index (κ2) is 5.59. The van der Waals surface area contributed by atoms with Gasteiger partial charge in [-0.25, -0.2) is 9.97 Å². The Labute approximate surface area is 89.6 Å². The number of hydrogen-bond acceptors (Lipinski definition) is 5. The summed E-state index contributed by atoms with van der Waals surface area (Å²) in [6.07, 6.45) is 2.17. The van der Waals surface area contributed by atoms with Crippen molar-refractivity contribution >= 4 is 24.7 Å². The summed E-state index contributed by atoms with van der Waals surface area (Å²) in [5, 5.41) is 3.39. The topological polar surface area (TPSA) is 54.9 Å². The Bertz CT molecular complexity index is 315. The molecule has 0 aromatic carbocycles. The predicted molar refractivity (Wildman–Crippen MR) is 60.2 cm³/mol. The van der Waals surface area contributed by atoms with Gasteiger partial charge < -0.3 is 5.32 Å². The van der Waals surface area contributed by atoms with Gasteiger partial charge in [0.05, 0.1) is 5.56 Å². The Morgan fingerprint density at radius 2 is 2.21 bits per heavy atom. The molecule has 1 heterocycles. The van der Waals surface area contributed by atoms with Crippen LogP contribution in [0.25, 0.3) is 0 Å². The molecule has 0 radical (unpaired) electrons. The quantitative estimate of drug-likeness (QED) is 0.458. The molecular weight excluding hydrogens is 198 g/mol. The highest BCUT2D eigenvalue weighted by atomic mass is 32.1. The van der Waals surface area contributed by atoms with Gasteiger partial charge in [0.25, 0.3) is 0 Å². The molecule has 1 rings (SSSR count). The van der Waals surface area contributed by atoms with Crippen molar-refractivity contribution in [3.8, 4) is 0 Å². The second-order valence-electron chi connectivity index (χ2n) is 2.89. The van der Waals surface area contributed by atoms with E-state index in [2.05, 4.69) is 27.9 Å². The van der Waals surface area contributed by atoms with Crippen molar-refractivity contribution in [2.24, 2.45) is 0 Å². The van der Waals surface area contributed by atoms with Crippen molar-refractivity contribution in [2.75, 3.05) is 5.32 Å². The number of carbonyl (C=O) groups is 1. The van der Waals surface area contributed by atoms with Crippen LogP contribution in [0.5, 0.6) is 0 Å². The molecule has 5 heteroatoms. The summed E-state index contributed by atoms with van der Waals surface area (Å²) in [5.41, 5.74) is 0.450. The molecule has 0 bridgehead atoms. The number of anilines is 1. The summed E-state index contributed by atoms with van der Waals surface area (Å²) in [5.74, 6) is 0.532. The van der Waals surface area contributed by atoms with Crippen molar-refractivity contribution in [1.29, 1.82) is 0 Å². The van der Waals surface area contributed by atoms with Crippen LogP contribution >= 0.6 is 12.6 Å². The van der Waals surface area contributed by atoms with E-state index in [1.807, 2.05) is 13.8 Å². The number of rotatable bonds is 3. The maximum atomic E-state index is 10.6. The fourth-order valence-electron chi connectivity index (χ4n) is 0.857. The smallest absolute Gasteiger partial charge is 0.186 e. The normalized spacial score (nSPS) is 9.43. The van der Waals surface area contributed by atoms with Gasteiger partial charge in [-0.1, -0.05) is 7.43 Å². The minimum absolute atomic E-state index is 0. The standard InChI is InChI=1S/C8H11N3OS.CH4/c1-5(2)10-7-6(4-12)3-9-8(13)11-7;/h3-5H,1-2H3,(H2,9,10,11,13);1H4. The molecule has 1 aromatic rings. The average Bonchev–Trinajstić information content (AvgIpc) is 2.03. The number of carbonyl (C=O) groups excluding carboxylic acids is 1. The lowest BCUT2D eigenvalue weighted by Gasteiger charge is -2.10. The lowest BCUT2D eigenvalue weighted by atomic mass is 10.3. The van der Waals surface area contributed by atoms with Crippen LogP contribution in [0.1, 0.15) is 31.6 Å². The summed E-state index contributed by atoms with van der Waals surface area (Å²) in [4.78, 5) is 18.4. The molecule has 1 N–H and O–H groups in total. The zero-order valence-corrected chi connectivity index (χ0v) is 8.38. The Balaban J connectivity index is 0.00000169. The van der Waals surface area contributed by atoms with Crippen LogP contribution in [-0.4, -0.2) is 22.3 Å². The van der Waals surface area contributed by atoms with Crippen molar-refractivity contribution in [3.05, 3.63) is 11.8 Å². The molecule has 0 aliphatic heterocycles. The van der Waals surface area contributed by atoms with Gasteiger partial charge >= 0.3 is 0 Å². The molecule has 0 amide bonds. The van der Waals surface area contributed by atoms with Gasteiger partial charge in [0.1, 0.15) is 5.82 Å². The number of nitrogens with zero attached hydrogens (tertiary/aromatic N) is 2. The average molecular weight is 213 g/mol. The molecule has 0 saturated heterocycles. The van der Waals surface area contributed by atoms with E-state index < -0.39 is 0 Å². The van der Waals surface area contributed by atoms with Gasteiger partial charge in [-0.05, 0) is 13.8 Å². The maximum Gasteiger partial charge on any atom is 0.186 e. The Kier molecular flexibility index (Phi) is 5.15. The lowest BCUT2D eigenvalue weighted by Crippen LogP contribution is -2.13. The first kappa shape index (κ1) is 12.9. The van der Waals surface area contributed by atoms with E-state index in [0.717, 1.165) is 6.29 Å². The van der Waals surface area contributed by atoms with E-state index in [9.17, 15) is 4.79 Å². The minimum Gasteiger partial charge on any atom is -0.367 e. The molecular formula is C9H15N3OS. The zero-order valence-electron chi connectivity index (χ0n) is 7.48. The molecule has 0 atom stereocenters. The lowest BCUT2D eigenvalue weighted by molar-refractivity contribution is 0.112. The first-order valence-electron chi connectivity index (χ1n) is 3.91. The number of aldehydes is 1. The molecule has 0 aliphatic carbocycles. The van der Waals surface area contributed by atoms with Crippen molar-refractivity contribution in [2.45, 2.75) is 32.5 Å². The summed E-state index contributed by atoms with van der Waals surface area (Å²) >= 11 is 3.98. The number of nitrogens with one attached hydrogen (secondary N) is 1. The van der Waals surface area contributed by atoms with Crippen LogP contribution in [0.15, 0.2) is 11.4 Å². The Hall–Kier alpha value is -1.10. The zero-order chi connectivity index (χ0) is 9.84. The largest absolute Gasteiger partial charge is 0.367 e. The molecule has 0 saturated carbocycles. The van der Waals surface area contributed by atoms with Crippen molar-refractivity contribution in [3.63, 3.8) is 0 Å². The summed E-state index contributed by atoms with van der Waals surface area (Å²) in [7, 11) is 0. The van der Waals surface area contributed by atoms with Gasteiger partial charge in [-0.2, -0.15) is 0 Å². The first-order chi connectivity index (χ1) is 6.13. The number of hydrogen-bond donors (Lipinski definition) is 2. The molecule has 0 unspecified atom stereocenters. The monoisotopic (exact) mass is 213 g/mol. The van der Waals surface area contributed by atoms with E-state index in [0.29, 0.717) is 16.5 Å². The number of aromatic nitrogens is 2. The summed E-state index contributed by atoms with van der Waals surface area (Å²) < 4.78 is 0. The highest BCUT2D eigenvalue weighted by Crippen LogP contribution is 2.11.